The van der Waals surface area contributed by atoms with Gasteiger partial charge in [0.25, 0.3) is 0 Å². The molecule has 148 valence electrons. The molecular weight excluding hydrogens is 368 g/mol. The normalized spacial score (nSPS) is 18.6. The van der Waals surface area contributed by atoms with Crippen molar-refractivity contribution in [3.8, 4) is 16.9 Å². The van der Waals surface area contributed by atoms with Crippen LogP contribution in [0.3, 0.4) is 0 Å². The number of hydrogen-bond donors (Lipinski definition) is 2. The van der Waals surface area contributed by atoms with Gasteiger partial charge in [0.15, 0.2) is 0 Å². The van der Waals surface area contributed by atoms with E-state index in [0.717, 1.165) is 18.7 Å². The zero-order valence-electron chi connectivity index (χ0n) is 15.6. The third-order valence-corrected chi connectivity index (χ3v) is 4.77. The van der Waals surface area contributed by atoms with Crippen LogP contribution in [0.4, 0.5) is 14.6 Å². The van der Waals surface area contributed by atoms with Crippen molar-refractivity contribution < 1.29 is 23.1 Å². The molecule has 0 saturated heterocycles. The summed E-state index contributed by atoms with van der Waals surface area (Å²) in [6, 6.07) is 5.15. The second kappa shape index (κ2) is 8.33. The van der Waals surface area contributed by atoms with Crippen LogP contribution in [0.5, 0.6) is 5.75 Å². The Hall–Kier alpha value is -3.03. The Kier molecular flexibility index (Phi) is 5.87. The zero-order valence-corrected chi connectivity index (χ0v) is 15.6. The number of anilines is 1. The second-order valence-electron chi connectivity index (χ2n) is 6.79. The molecule has 8 heteroatoms. The van der Waals surface area contributed by atoms with Crippen LogP contribution < -0.4 is 15.4 Å². The van der Waals surface area contributed by atoms with E-state index in [4.69, 9.17) is 4.74 Å². The highest BCUT2D eigenvalue weighted by molar-refractivity contribution is 5.92. The molecule has 1 fully saturated rings. The quantitative estimate of drug-likeness (QED) is 0.823. The van der Waals surface area contributed by atoms with Crippen molar-refractivity contribution in [3.05, 3.63) is 42.1 Å². The largest absolute Gasteiger partial charge is 0.496 e. The lowest BCUT2D eigenvalue weighted by Crippen LogP contribution is -2.31. The Labute approximate surface area is 161 Å². The molecule has 0 aliphatic heterocycles. The molecule has 3 rings (SSSR count). The third-order valence-electron chi connectivity index (χ3n) is 4.77. The minimum absolute atomic E-state index is 0.0199. The van der Waals surface area contributed by atoms with Gasteiger partial charge in [-0.15, -0.1) is 0 Å². The van der Waals surface area contributed by atoms with Gasteiger partial charge in [0.2, 0.25) is 11.8 Å². The highest BCUT2D eigenvalue weighted by Crippen LogP contribution is 2.34. The first-order chi connectivity index (χ1) is 13.4. The molecule has 1 aromatic carbocycles. The highest BCUT2D eigenvalue weighted by Gasteiger charge is 2.30. The summed E-state index contributed by atoms with van der Waals surface area (Å²) in [5.74, 6) is -1.36. The lowest BCUT2D eigenvalue weighted by atomic mass is 10.0. The van der Waals surface area contributed by atoms with E-state index in [1.54, 1.807) is 0 Å². The Morgan fingerprint density at radius 1 is 1.18 bits per heavy atom. The van der Waals surface area contributed by atoms with E-state index in [0.29, 0.717) is 18.4 Å². The maximum atomic E-state index is 14.3. The maximum Gasteiger partial charge on any atom is 0.228 e. The number of amides is 2. The van der Waals surface area contributed by atoms with E-state index in [9.17, 15) is 18.4 Å². The Bertz CT molecular complexity index is 904. The first-order valence-electron chi connectivity index (χ1n) is 8.94. The lowest BCUT2D eigenvalue weighted by Gasteiger charge is -2.14. The summed E-state index contributed by atoms with van der Waals surface area (Å²) in [5, 5.41) is 5.52. The number of carbonyl (C=O) groups excluding carboxylic acids is 2. The van der Waals surface area contributed by atoms with Gasteiger partial charge in [0.05, 0.1) is 13.3 Å². The van der Waals surface area contributed by atoms with Crippen LogP contribution >= 0.6 is 0 Å². The lowest BCUT2D eigenvalue weighted by molar-refractivity contribution is -0.121. The summed E-state index contributed by atoms with van der Waals surface area (Å²) >= 11 is 0. The summed E-state index contributed by atoms with van der Waals surface area (Å²) < 4.78 is 32.9. The molecule has 28 heavy (non-hydrogen) atoms. The van der Waals surface area contributed by atoms with Crippen molar-refractivity contribution >= 4 is 17.6 Å². The van der Waals surface area contributed by atoms with Gasteiger partial charge in [-0.3, -0.25) is 9.59 Å². The number of ether oxygens (including phenoxy) is 1. The fourth-order valence-electron chi connectivity index (χ4n) is 3.47. The molecule has 0 radical (unpaired) electrons. The first-order valence-corrected chi connectivity index (χ1v) is 8.94. The molecule has 6 nitrogen and oxygen atoms in total. The molecule has 0 unspecified atom stereocenters. The minimum Gasteiger partial charge on any atom is -0.496 e. The summed E-state index contributed by atoms with van der Waals surface area (Å²) in [4.78, 5) is 27.6. The van der Waals surface area contributed by atoms with Crippen molar-refractivity contribution in [2.24, 2.45) is 5.92 Å². The van der Waals surface area contributed by atoms with Gasteiger partial charge in [-0.2, -0.15) is 0 Å². The van der Waals surface area contributed by atoms with E-state index in [2.05, 4.69) is 15.6 Å². The highest BCUT2D eigenvalue weighted by atomic mass is 19.1. The van der Waals surface area contributed by atoms with E-state index >= 15 is 0 Å². The SMILES string of the molecule is COc1cc(F)ccc1-c1cc(NC(=O)[C@H]2CC[C@@H](NC(C)=O)C2)ncc1F. The third kappa shape index (κ3) is 4.44. The topological polar surface area (TPSA) is 80.3 Å². The number of nitrogens with one attached hydrogen (secondary N) is 2. The Morgan fingerprint density at radius 3 is 2.68 bits per heavy atom. The van der Waals surface area contributed by atoms with Crippen LogP contribution in [-0.2, 0) is 9.59 Å². The van der Waals surface area contributed by atoms with Crippen molar-refractivity contribution in [2.75, 3.05) is 12.4 Å². The summed E-state index contributed by atoms with van der Waals surface area (Å²) in [7, 11) is 1.37. The summed E-state index contributed by atoms with van der Waals surface area (Å²) in [6.45, 7) is 1.45. The number of aromatic nitrogens is 1. The number of methoxy groups -OCH3 is 1. The van der Waals surface area contributed by atoms with Crippen molar-refractivity contribution in [1.82, 2.24) is 10.3 Å². The van der Waals surface area contributed by atoms with Crippen molar-refractivity contribution in [2.45, 2.75) is 32.2 Å². The molecule has 1 heterocycles. The van der Waals surface area contributed by atoms with Crippen molar-refractivity contribution in [3.63, 3.8) is 0 Å². The average molecular weight is 389 g/mol. The van der Waals surface area contributed by atoms with Crippen LogP contribution in [0.15, 0.2) is 30.5 Å². The van der Waals surface area contributed by atoms with E-state index in [1.165, 1.54) is 32.2 Å². The van der Waals surface area contributed by atoms with E-state index < -0.39 is 11.6 Å². The first kappa shape index (κ1) is 19.7. The van der Waals surface area contributed by atoms with Gasteiger partial charge in [0.1, 0.15) is 23.2 Å². The van der Waals surface area contributed by atoms with Crippen LogP contribution in [0.1, 0.15) is 26.2 Å². The molecule has 2 aromatic rings. The monoisotopic (exact) mass is 389 g/mol. The smallest absolute Gasteiger partial charge is 0.228 e. The number of hydrogen-bond acceptors (Lipinski definition) is 4. The zero-order chi connectivity index (χ0) is 20.3. The fourth-order valence-corrected chi connectivity index (χ4v) is 3.47. The predicted molar refractivity (Wildman–Crippen MR) is 99.7 cm³/mol. The molecule has 0 spiro atoms. The molecule has 2 N–H and O–H groups in total. The molecule has 0 bridgehead atoms. The van der Waals surface area contributed by atoms with Gasteiger partial charge < -0.3 is 15.4 Å². The van der Waals surface area contributed by atoms with Gasteiger partial charge in [-0.25, -0.2) is 13.8 Å². The predicted octanol–water partition coefficient (Wildman–Crippen LogP) is 3.28. The van der Waals surface area contributed by atoms with Gasteiger partial charge >= 0.3 is 0 Å². The minimum atomic E-state index is -0.616. The number of pyridine rings is 1. The maximum absolute atomic E-state index is 14.3. The number of nitrogens with zero attached hydrogens (tertiary/aromatic N) is 1. The van der Waals surface area contributed by atoms with Crippen LogP contribution in [-0.4, -0.2) is 29.9 Å². The second-order valence-corrected chi connectivity index (χ2v) is 6.79. The van der Waals surface area contributed by atoms with Crippen LogP contribution in [0, 0.1) is 17.6 Å². The van der Waals surface area contributed by atoms with Gasteiger partial charge in [0, 0.05) is 36.1 Å². The molecule has 1 aromatic heterocycles. The molecule has 1 aliphatic carbocycles. The van der Waals surface area contributed by atoms with Gasteiger partial charge in [-0.1, -0.05) is 0 Å². The number of benzene rings is 1. The van der Waals surface area contributed by atoms with Gasteiger partial charge in [-0.05, 0) is 37.5 Å². The molecule has 2 atom stereocenters. The van der Waals surface area contributed by atoms with E-state index in [1.807, 2.05) is 0 Å². The molecule has 1 aliphatic rings. The summed E-state index contributed by atoms with van der Waals surface area (Å²) in [6.07, 6.45) is 2.93. The Balaban J connectivity index is 1.77. The number of rotatable bonds is 5. The number of halogens is 2. The number of carbonyl (C=O) groups is 2. The molecule has 1 saturated carbocycles. The standard InChI is InChI=1S/C20H21F2N3O3/c1-11(26)24-14-5-3-12(7-14)20(27)25-19-9-16(17(22)10-23-19)15-6-4-13(21)8-18(15)28-2/h4,6,8-10,12,14H,3,5,7H2,1-2H3,(H,24,26)(H,23,25,27)/t12-,14+/m0/s1. The molecule has 2 amide bonds. The van der Waals surface area contributed by atoms with E-state index in [-0.39, 0.29) is 40.9 Å². The van der Waals surface area contributed by atoms with Crippen LogP contribution in [0.25, 0.3) is 11.1 Å². The van der Waals surface area contributed by atoms with Crippen molar-refractivity contribution in [1.29, 1.82) is 0 Å². The average Bonchev–Trinajstić information content (AvgIpc) is 3.11. The fraction of sp³-hybridized carbons (Fsp3) is 0.350. The molecular formula is C20H21F2N3O3. The van der Waals surface area contributed by atoms with Crippen LogP contribution in [0.2, 0.25) is 0 Å². The Morgan fingerprint density at radius 2 is 1.96 bits per heavy atom. The summed E-state index contributed by atoms with van der Waals surface area (Å²) in [5.41, 5.74) is 0.496.